The average Bonchev–Trinajstić information content (AvgIpc) is 2.80. The van der Waals surface area contributed by atoms with Crippen LogP contribution in [0.3, 0.4) is 0 Å². The van der Waals surface area contributed by atoms with Gasteiger partial charge < -0.3 is 35.1 Å². The molecule has 4 rings (SSSR count). The molecule has 0 bridgehead atoms. The van der Waals surface area contributed by atoms with Gasteiger partial charge in [-0.3, -0.25) is 9.59 Å². The van der Waals surface area contributed by atoms with Crippen LogP contribution in [0.15, 0.2) is 42.5 Å². The Morgan fingerprint density at radius 3 is 2.78 bits per heavy atom. The molecule has 3 N–H and O–H groups in total. The molecule has 1 fully saturated rings. The highest BCUT2D eigenvalue weighted by atomic mass is 32.1. The van der Waals surface area contributed by atoms with Gasteiger partial charge in [-0.05, 0) is 36.5 Å². The first-order valence-electron chi connectivity index (χ1n) is 10.2. The van der Waals surface area contributed by atoms with Crippen LogP contribution in [0, 0.1) is 0 Å². The number of hydrogen-bond donors (Lipinski definition) is 3. The quantitative estimate of drug-likeness (QED) is 0.588. The van der Waals surface area contributed by atoms with E-state index in [4.69, 9.17) is 26.4 Å². The standard InChI is InChI=1S/C22H24N4O5S/c1-29-17-5-3-2-4-15(17)25-22(32)26-9-8-23-21(28)16(26)13-20(27)24-14-6-7-18-19(12-14)31-11-10-30-18/h2-7,12,16H,8-11,13H2,1H3,(H,23,28)(H,24,27)(H,25,32)/t16-/m1/s1. The lowest BCUT2D eigenvalue weighted by Gasteiger charge is -2.36. The Hall–Kier alpha value is -3.53. The summed E-state index contributed by atoms with van der Waals surface area (Å²) in [7, 11) is 1.57. The van der Waals surface area contributed by atoms with E-state index in [-0.39, 0.29) is 18.2 Å². The molecular weight excluding hydrogens is 432 g/mol. The van der Waals surface area contributed by atoms with Crippen molar-refractivity contribution in [2.24, 2.45) is 0 Å². The molecule has 2 aliphatic heterocycles. The Balaban J connectivity index is 1.43. The zero-order chi connectivity index (χ0) is 22.5. The van der Waals surface area contributed by atoms with Gasteiger partial charge in [-0.1, -0.05) is 12.1 Å². The molecule has 10 heteroatoms. The van der Waals surface area contributed by atoms with Crippen molar-refractivity contribution in [1.82, 2.24) is 10.2 Å². The van der Waals surface area contributed by atoms with Crippen molar-refractivity contribution in [3.63, 3.8) is 0 Å². The van der Waals surface area contributed by atoms with E-state index >= 15 is 0 Å². The minimum atomic E-state index is -0.740. The maximum absolute atomic E-state index is 12.7. The highest BCUT2D eigenvalue weighted by Crippen LogP contribution is 2.32. The van der Waals surface area contributed by atoms with Crippen molar-refractivity contribution in [2.45, 2.75) is 12.5 Å². The molecule has 0 aromatic heterocycles. The van der Waals surface area contributed by atoms with Gasteiger partial charge in [0.2, 0.25) is 11.8 Å². The topological polar surface area (TPSA) is 101 Å². The second kappa shape index (κ2) is 9.73. The summed E-state index contributed by atoms with van der Waals surface area (Å²) in [6.45, 7) is 1.87. The van der Waals surface area contributed by atoms with E-state index in [2.05, 4.69) is 16.0 Å². The molecule has 1 atom stereocenters. The van der Waals surface area contributed by atoms with Gasteiger partial charge in [-0.25, -0.2) is 0 Å². The fraction of sp³-hybridized carbons (Fsp3) is 0.318. The highest BCUT2D eigenvalue weighted by Gasteiger charge is 2.33. The summed E-state index contributed by atoms with van der Waals surface area (Å²) in [4.78, 5) is 27.1. The van der Waals surface area contributed by atoms with Gasteiger partial charge in [0.1, 0.15) is 25.0 Å². The summed E-state index contributed by atoms with van der Waals surface area (Å²) in [5.41, 5.74) is 1.25. The highest BCUT2D eigenvalue weighted by molar-refractivity contribution is 7.80. The number of benzene rings is 2. The first-order chi connectivity index (χ1) is 15.5. The fourth-order valence-corrected chi connectivity index (χ4v) is 3.93. The summed E-state index contributed by atoms with van der Waals surface area (Å²) in [5.74, 6) is 1.28. The number of piperazine rings is 1. The van der Waals surface area contributed by atoms with Crippen LogP contribution in [0.4, 0.5) is 11.4 Å². The van der Waals surface area contributed by atoms with Gasteiger partial charge in [0, 0.05) is 24.8 Å². The van der Waals surface area contributed by atoms with Crippen LogP contribution in [-0.4, -0.2) is 61.3 Å². The van der Waals surface area contributed by atoms with Gasteiger partial charge in [0.25, 0.3) is 0 Å². The largest absolute Gasteiger partial charge is 0.495 e. The molecule has 0 radical (unpaired) electrons. The number of nitrogens with zero attached hydrogens (tertiary/aromatic N) is 1. The van der Waals surface area contributed by atoms with E-state index in [0.717, 1.165) is 0 Å². The second-order valence-corrected chi connectivity index (χ2v) is 7.63. The van der Waals surface area contributed by atoms with Gasteiger partial charge in [-0.15, -0.1) is 0 Å². The van der Waals surface area contributed by atoms with E-state index in [1.165, 1.54) is 0 Å². The molecule has 9 nitrogen and oxygen atoms in total. The summed E-state index contributed by atoms with van der Waals surface area (Å²) >= 11 is 5.56. The van der Waals surface area contributed by atoms with E-state index in [1.807, 2.05) is 24.3 Å². The van der Waals surface area contributed by atoms with Gasteiger partial charge in [0.05, 0.1) is 19.2 Å². The van der Waals surface area contributed by atoms with Gasteiger partial charge in [0.15, 0.2) is 16.6 Å². The second-order valence-electron chi connectivity index (χ2n) is 7.24. The maximum atomic E-state index is 12.7. The number of hydrogen-bond acceptors (Lipinski definition) is 6. The van der Waals surface area contributed by atoms with Crippen LogP contribution in [0.1, 0.15) is 6.42 Å². The molecule has 0 spiro atoms. The van der Waals surface area contributed by atoms with Crippen molar-refractivity contribution in [3.8, 4) is 17.2 Å². The number of para-hydroxylation sites is 2. The Kier molecular flexibility index (Phi) is 6.60. The number of anilines is 2. The van der Waals surface area contributed by atoms with Gasteiger partial charge in [-0.2, -0.15) is 0 Å². The normalized spacial score (nSPS) is 17.2. The number of methoxy groups -OCH3 is 1. The number of thiocarbonyl (C=S) groups is 1. The van der Waals surface area contributed by atoms with Crippen molar-refractivity contribution in [1.29, 1.82) is 0 Å². The number of carbonyl (C=O) groups is 2. The Labute approximate surface area is 191 Å². The maximum Gasteiger partial charge on any atom is 0.243 e. The van der Waals surface area contributed by atoms with Crippen LogP contribution in [0.2, 0.25) is 0 Å². The van der Waals surface area contributed by atoms with E-state index in [9.17, 15) is 9.59 Å². The molecule has 2 aromatic rings. The zero-order valence-corrected chi connectivity index (χ0v) is 18.4. The monoisotopic (exact) mass is 456 g/mol. The molecule has 0 unspecified atom stereocenters. The number of nitrogens with one attached hydrogen (secondary N) is 3. The number of carbonyl (C=O) groups excluding carboxylic acids is 2. The number of fused-ring (bicyclic) bond motifs is 1. The summed E-state index contributed by atoms with van der Waals surface area (Å²) in [5, 5.41) is 9.10. The Bertz CT molecular complexity index is 1030. The lowest BCUT2D eigenvalue weighted by Crippen LogP contribution is -2.58. The van der Waals surface area contributed by atoms with Crippen LogP contribution >= 0.6 is 12.2 Å². The van der Waals surface area contributed by atoms with Gasteiger partial charge >= 0.3 is 0 Å². The predicted octanol–water partition coefficient (Wildman–Crippen LogP) is 1.99. The van der Waals surface area contributed by atoms with Crippen molar-refractivity contribution >= 4 is 40.5 Å². The minimum Gasteiger partial charge on any atom is -0.495 e. The molecule has 2 aromatic carbocycles. The SMILES string of the molecule is COc1ccccc1NC(=S)N1CCNC(=O)[C@H]1CC(=O)Nc1ccc2c(c1)OCCO2. The first kappa shape index (κ1) is 21.7. The van der Waals surface area contributed by atoms with Crippen molar-refractivity contribution in [3.05, 3.63) is 42.5 Å². The fourth-order valence-electron chi connectivity index (χ4n) is 3.60. The third kappa shape index (κ3) is 4.86. The van der Waals surface area contributed by atoms with Crippen molar-refractivity contribution < 1.29 is 23.8 Å². The zero-order valence-electron chi connectivity index (χ0n) is 17.6. The predicted molar refractivity (Wildman–Crippen MR) is 123 cm³/mol. The van der Waals surface area contributed by atoms with E-state index < -0.39 is 6.04 Å². The molecule has 2 heterocycles. The van der Waals surface area contributed by atoms with Crippen LogP contribution in [-0.2, 0) is 9.59 Å². The van der Waals surface area contributed by atoms with Crippen molar-refractivity contribution in [2.75, 3.05) is 44.0 Å². The van der Waals surface area contributed by atoms with Crippen LogP contribution < -0.4 is 30.2 Å². The van der Waals surface area contributed by atoms with Crippen LogP contribution in [0.25, 0.3) is 0 Å². The molecule has 0 saturated carbocycles. The number of rotatable bonds is 5. The molecule has 2 amide bonds. The van der Waals surface area contributed by atoms with Crippen LogP contribution in [0.5, 0.6) is 17.2 Å². The molecular formula is C22H24N4O5S. The Morgan fingerprint density at radius 2 is 1.97 bits per heavy atom. The number of amides is 2. The molecule has 0 aliphatic carbocycles. The van der Waals surface area contributed by atoms with E-state index in [1.54, 1.807) is 30.2 Å². The Morgan fingerprint density at radius 1 is 1.19 bits per heavy atom. The number of ether oxygens (including phenoxy) is 3. The summed E-state index contributed by atoms with van der Waals surface area (Å²) in [6.07, 6.45) is -0.0615. The first-order valence-corrected chi connectivity index (χ1v) is 10.6. The third-order valence-corrected chi connectivity index (χ3v) is 5.48. The minimum absolute atomic E-state index is 0.0615. The summed E-state index contributed by atoms with van der Waals surface area (Å²) < 4.78 is 16.4. The molecule has 32 heavy (non-hydrogen) atoms. The average molecular weight is 457 g/mol. The molecule has 1 saturated heterocycles. The lowest BCUT2D eigenvalue weighted by molar-refractivity contribution is -0.130. The third-order valence-electron chi connectivity index (χ3n) is 5.14. The smallest absolute Gasteiger partial charge is 0.243 e. The summed E-state index contributed by atoms with van der Waals surface area (Å²) in [6, 6.07) is 11.8. The molecule has 2 aliphatic rings. The van der Waals surface area contributed by atoms with E-state index in [0.29, 0.717) is 60.0 Å². The molecule has 168 valence electrons. The lowest BCUT2D eigenvalue weighted by atomic mass is 10.1.